The number of nitrogens with two attached hydrogens (primary N) is 1. The highest BCUT2D eigenvalue weighted by Gasteiger charge is 2.30. The predicted octanol–water partition coefficient (Wildman–Crippen LogP) is 3.19. The summed E-state index contributed by atoms with van der Waals surface area (Å²) in [7, 11) is 0. The number of nitro benzene ring substituents is 1. The summed E-state index contributed by atoms with van der Waals surface area (Å²) in [4.78, 5) is 25.3. The van der Waals surface area contributed by atoms with Gasteiger partial charge in [0.25, 0.3) is 11.6 Å². The Morgan fingerprint density at radius 1 is 1.36 bits per heavy atom. The molecule has 25 heavy (non-hydrogen) atoms. The number of non-ortho nitro benzene ring substituents is 1. The fourth-order valence-corrected chi connectivity index (χ4v) is 3.33. The van der Waals surface area contributed by atoms with Crippen LogP contribution in [0.4, 0.5) is 17.1 Å². The van der Waals surface area contributed by atoms with Crippen LogP contribution >= 0.6 is 12.4 Å². The molecule has 0 radical (unpaired) electrons. The molecule has 1 aromatic heterocycles. The molecule has 134 valence electrons. The number of carbonyl (C=O) groups is 1. The quantitative estimate of drug-likeness (QED) is 0.665. The summed E-state index contributed by atoms with van der Waals surface area (Å²) >= 11 is 0. The van der Waals surface area contributed by atoms with Crippen molar-refractivity contribution in [3.8, 4) is 0 Å². The number of halogens is 1. The summed E-state index contributed by atoms with van der Waals surface area (Å²) in [6, 6.07) is 4.65. The molecule has 2 heterocycles. The van der Waals surface area contributed by atoms with Gasteiger partial charge in [0.15, 0.2) is 0 Å². The van der Waals surface area contributed by atoms with Crippen molar-refractivity contribution in [3.05, 3.63) is 51.3 Å². The van der Waals surface area contributed by atoms with Gasteiger partial charge in [-0.3, -0.25) is 14.9 Å². The van der Waals surface area contributed by atoms with Gasteiger partial charge in [-0.1, -0.05) is 6.92 Å². The molecular weight excluding hydrogens is 344 g/mol. The van der Waals surface area contributed by atoms with Gasteiger partial charge in [0.2, 0.25) is 0 Å². The Morgan fingerprint density at radius 3 is 2.68 bits per heavy atom. The van der Waals surface area contributed by atoms with Crippen molar-refractivity contribution in [2.45, 2.75) is 33.2 Å². The fraction of sp³-hybridized carbons (Fsp3) is 0.353. The predicted molar refractivity (Wildman–Crippen MR) is 99.6 cm³/mol. The lowest BCUT2D eigenvalue weighted by Crippen LogP contribution is -2.31. The second kappa shape index (κ2) is 7.14. The Hall–Kier alpha value is -2.54. The van der Waals surface area contributed by atoms with Crippen LogP contribution in [0.25, 0.3) is 0 Å². The smallest absolute Gasteiger partial charge is 0.275 e. The number of nitro groups is 1. The highest BCUT2D eigenvalue weighted by molar-refractivity contribution is 6.08. The molecule has 0 atom stereocenters. The van der Waals surface area contributed by atoms with Crippen molar-refractivity contribution in [2.24, 2.45) is 0 Å². The Morgan fingerprint density at radius 2 is 2.08 bits per heavy atom. The molecule has 3 rings (SSSR count). The van der Waals surface area contributed by atoms with Crippen molar-refractivity contribution in [2.75, 3.05) is 17.2 Å². The standard InChI is InChI=1S/C17H20N4O3.ClH/c1-3-13-14(18)10-19(4-2)16(13)17(22)20-8-7-11-9-12(21(23)24)5-6-15(11)20;/h5-6,9-10H,3-4,7-8,18H2,1-2H3;1H. The van der Waals surface area contributed by atoms with Gasteiger partial charge >= 0.3 is 0 Å². The summed E-state index contributed by atoms with van der Waals surface area (Å²) < 4.78 is 1.87. The van der Waals surface area contributed by atoms with Crippen LogP contribution in [0.2, 0.25) is 0 Å². The van der Waals surface area contributed by atoms with Crippen LogP contribution in [0.15, 0.2) is 24.4 Å². The molecule has 2 N–H and O–H groups in total. The third-order valence-corrected chi connectivity index (χ3v) is 4.53. The molecule has 1 aliphatic heterocycles. The molecule has 0 bridgehead atoms. The van der Waals surface area contributed by atoms with Crippen molar-refractivity contribution >= 4 is 35.4 Å². The number of fused-ring (bicyclic) bond motifs is 1. The number of carbonyl (C=O) groups excluding carboxylic acids is 1. The first-order chi connectivity index (χ1) is 11.5. The van der Waals surface area contributed by atoms with E-state index >= 15 is 0 Å². The molecule has 1 amide bonds. The largest absolute Gasteiger partial charge is 0.397 e. The molecule has 7 nitrogen and oxygen atoms in total. The van der Waals surface area contributed by atoms with Crippen molar-refractivity contribution in [1.82, 2.24) is 4.57 Å². The van der Waals surface area contributed by atoms with Crippen LogP contribution in [0, 0.1) is 10.1 Å². The number of benzene rings is 1. The molecule has 1 aromatic carbocycles. The number of nitrogens with zero attached hydrogens (tertiary/aromatic N) is 3. The number of nitrogen functional groups attached to an aromatic ring is 1. The van der Waals surface area contributed by atoms with E-state index in [1.165, 1.54) is 6.07 Å². The number of amides is 1. The number of rotatable bonds is 4. The Balaban J connectivity index is 0.00000225. The third-order valence-electron chi connectivity index (χ3n) is 4.53. The van der Waals surface area contributed by atoms with E-state index in [1.54, 1.807) is 23.2 Å². The topological polar surface area (TPSA) is 94.4 Å². The summed E-state index contributed by atoms with van der Waals surface area (Å²) in [6.07, 6.45) is 3.10. The molecule has 0 unspecified atom stereocenters. The number of anilines is 2. The first kappa shape index (κ1) is 18.8. The molecule has 0 saturated carbocycles. The van der Waals surface area contributed by atoms with Crippen LogP contribution in [-0.4, -0.2) is 21.9 Å². The molecule has 0 spiro atoms. The van der Waals surface area contributed by atoms with E-state index in [0.29, 0.717) is 37.3 Å². The van der Waals surface area contributed by atoms with E-state index in [0.717, 1.165) is 16.8 Å². The summed E-state index contributed by atoms with van der Waals surface area (Å²) in [5.41, 5.74) is 9.78. The van der Waals surface area contributed by atoms with Gasteiger partial charge in [-0.05, 0) is 31.4 Å². The lowest BCUT2D eigenvalue weighted by molar-refractivity contribution is -0.384. The highest BCUT2D eigenvalue weighted by atomic mass is 35.5. The van der Waals surface area contributed by atoms with Crippen LogP contribution in [0.1, 0.15) is 35.5 Å². The van der Waals surface area contributed by atoms with Gasteiger partial charge in [0.1, 0.15) is 5.69 Å². The van der Waals surface area contributed by atoms with Gasteiger partial charge in [-0.25, -0.2) is 0 Å². The minimum Gasteiger partial charge on any atom is -0.397 e. The number of aromatic nitrogens is 1. The average Bonchev–Trinajstić information content (AvgIpc) is 3.13. The van der Waals surface area contributed by atoms with Gasteiger partial charge < -0.3 is 15.2 Å². The van der Waals surface area contributed by atoms with E-state index in [-0.39, 0.29) is 24.0 Å². The van der Waals surface area contributed by atoms with Gasteiger partial charge in [0, 0.05) is 42.7 Å². The third kappa shape index (κ3) is 3.07. The SMILES string of the molecule is CCc1c(N)cn(CC)c1C(=O)N1CCc2cc([N+](=O)[O-])ccc21.Cl. The fourth-order valence-electron chi connectivity index (χ4n) is 3.33. The maximum Gasteiger partial charge on any atom is 0.275 e. The van der Waals surface area contributed by atoms with E-state index in [9.17, 15) is 14.9 Å². The first-order valence-electron chi connectivity index (χ1n) is 8.04. The molecular formula is C17H21ClN4O3. The number of hydrogen-bond acceptors (Lipinski definition) is 4. The van der Waals surface area contributed by atoms with Crippen molar-refractivity contribution in [3.63, 3.8) is 0 Å². The van der Waals surface area contributed by atoms with Gasteiger partial charge in [-0.15, -0.1) is 12.4 Å². The monoisotopic (exact) mass is 364 g/mol. The zero-order chi connectivity index (χ0) is 17.4. The molecule has 0 fully saturated rings. The minimum absolute atomic E-state index is 0. The van der Waals surface area contributed by atoms with Crippen molar-refractivity contribution in [1.29, 1.82) is 0 Å². The van der Waals surface area contributed by atoms with Gasteiger partial charge in [0.05, 0.1) is 10.6 Å². The zero-order valence-corrected chi connectivity index (χ0v) is 15.0. The van der Waals surface area contributed by atoms with Crippen LogP contribution in [0.5, 0.6) is 0 Å². The maximum atomic E-state index is 13.1. The minimum atomic E-state index is -0.414. The van der Waals surface area contributed by atoms with E-state index < -0.39 is 4.92 Å². The number of hydrogen-bond donors (Lipinski definition) is 1. The second-order valence-electron chi connectivity index (χ2n) is 5.83. The van der Waals surface area contributed by atoms with Crippen LogP contribution in [0.3, 0.4) is 0 Å². The average molecular weight is 365 g/mol. The highest BCUT2D eigenvalue weighted by Crippen LogP contribution is 2.33. The molecule has 0 saturated heterocycles. The second-order valence-corrected chi connectivity index (χ2v) is 5.83. The molecule has 0 aliphatic carbocycles. The summed E-state index contributed by atoms with van der Waals surface area (Å²) in [5.74, 6) is -0.0991. The lowest BCUT2D eigenvalue weighted by atomic mass is 10.1. The van der Waals surface area contributed by atoms with E-state index in [4.69, 9.17) is 5.73 Å². The van der Waals surface area contributed by atoms with E-state index in [2.05, 4.69) is 0 Å². The molecule has 1 aliphatic rings. The van der Waals surface area contributed by atoms with Crippen LogP contribution in [-0.2, 0) is 19.4 Å². The zero-order valence-electron chi connectivity index (χ0n) is 14.2. The Kier molecular flexibility index (Phi) is 5.37. The summed E-state index contributed by atoms with van der Waals surface area (Å²) in [5, 5.41) is 10.9. The Labute approximate surface area is 152 Å². The van der Waals surface area contributed by atoms with Gasteiger partial charge in [-0.2, -0.15) is 0 Å². The van der Waals surface area contributed by atoms with E-state index in [1.807, 2.05) is 18.4 Å². The summed E-state index contributed by atoms with van der Waals surface area (Å²) in [6.45, 7) is 5.13. The Bertz CT molecular complexity index is 832. The number of aryl methyl sites for hydroxylation is 1. The first-order valence-corrected chi connectivity index (χ1v) is 8.04. The van der Waals surface area contributed by atoms with Crippen LogP contribution < -0.4 is 10.6 Å². The molecule has 2 aromatic rings. The normalized spacial score (nSPS) is 12.6. The molecule has 8 heteroatoms. The lowest BCUT2D eigenvalue weighted by Gasteiger charge is -2.19. The maximum absolute atomic E-state index is 13.1. The van der Waals surface area contributed by atoms with Crippen molar-refractivity contribution < 1.29 is 9.72 Å².